The molecule has 1 saturated heterocycles. The molecule has 0 aliphatic carbocycles. The lowest BCUT2D eigenvalue weighted by Gasteiger charge is -2.46. The Hall–Kier alpha value is -3.04. The summed E-state index contributed by atoms with van der Waals surface area (Å²) in [4.78, 5) is 50.4. The van der Waals surface area contributed by atoms with E-state index in [1.807, 2.05) is 0 Å². The summed E-state index contributed by atoms with van der Waals surface area (Å²) >= 11 is 12.0. The Bertz CT molecular complexity index is 1090. The van der Waals surface area contributed by atoms with Crippen molar-refractivity contribution >= 4 is 40.9 Å². The summed E-state index contributed by atoms with van der Waals surface area (Å²) < 4.78 is 13.3. The fraction of sp³-hybridized carbons (Fsp3) is 0.318. The van der Waals surface area contributed by atoms with Crippen molar-refractivity contribution in [3.63, 3.8) is 0 Å². The van der Waals surface area contributed by atoms with Gasteiger partial charge in [-0.3, -0.25) is 14.4 Å². The second kappa shape index (κ2) is 10.3. The molecule has 33 heavy (non-hydrogen) atoms. The van der Waals surface area contributed by atoms with E-state index in [1.54, 1.807) is 32.3 Å². The molecule has 2 heterocycles. The van der Waals surface area contributed by atoms with Crippen molar-refractivity contribution in [1.29, 1.82) is 0 Å². The average Bonchev–Trinajstić information content (AvgIpc) is 2.77. The second-order valence-corrected chi connectivity index (χ2v) is 8.41. The number of piperazine rings is 1. The molecule has 1 aliphatic heterocycles. The number of carbonyl (C=O) groups is 3. The number of carbonyl (C=O) groups excluding carboxylic acids is 3. The van der Waals surface area contributed by atoms with Crippen LogP contribution in [0.2, 0.25) is 5.02 Å². The van der Waals surface area contributed by atoms with Crippen LogP contribution < -0.4 is 0 Å². The first-order chi connectivity index (χ1) is 15.6. The second-order valence-electron chi connectivity index (χ2n) is 7.72. The number of nitrogens with zero attached hydrogens (tertiary/aromatic N) is 5. The van der Waals surface area contributed by atoms with E-state index in [4.69, 9.17) is 23.2 Å². The number of benzene rings is 1. The van der Waals surface area contributed by atoms with Crippen LogP contribution in [0.4, 0.5) is 4.39 Å². The van der Waals surface area contributed by atoms with Crippen LogP contribution in [0, 0.1) is 5.82 Å². The summed E-state index contributed by atoms with van der Waals surface area (Å²) in [5.41, 5.74) is 2.21. The summed E-state index contributed by atoms with van der Waals surface area (Å²) in [6.07, 6.45) is 3.25. The van der Waals surface area contributed by atoms with E-state index in [0.717, 1.165) is 24.0 Å². The standard InChI is InChI=1S/C22H22Cl2FN5O3/c1-13(31)29-12-19(22(33)28(2)3)30(20(32)4-5-23)11-18(29)14-6-15(8-16(24)7-14)21-26-9-17(25)10-27-21/h4-10,18-19H,11-12H2,1-3H3/b5-4-/t18-,19+/m0/s1. The number of aromatic nitrogens is 2. The van der Waals surface area contributed by atoms with Gasteiger partial charge in [-0.25, -0.2) is 14.4 Å². The van der Waals surface area contributed by atoms with E-state index in [0.29, 0.717) is 16.1 Å². The van der Waals surface area contributed by atoms with Crippen LogP contribution in [0.5, 0.6) is 0 Å². The maximum Gasteiger partial charge on any atom is 0.248 e. The normalized spacial score (nSPS) is 18.5. The minimum atomic E-state index is -0.875. The highest BCUT2D eigenvalue weighted by Crippen LogP contribution is 2.33. The van der Waals surface area contributed by atoms with Crippen LogP contribution in [-0.2, 0) is 14.4 Å². The summed E-state index contributed by atoms with van der Waals surface area (Å²) in [6, 6.07) is 3.55. The zero-order valence-electron chi connectivity index (χ0n) is 18.2. The lowest BCUT2D eigenvalue weighted by molar-refractivity contribution is -0.152. The molecule has 8 nitrogen and oxygen atoms in total. The smallest absolute Gasteiger partial charge is 0.248 e. The molecule has 3 amide bonds. The third kappa shape index (κ3) is 5.48. The van der Waals surface area contributed by atoms with Gasteiger partial charge in [0.15, 0.2) is 11.6 Å². The van der Waals surface area contributed by atoms with Crippen molar-refractivity contribution in [2.24, 2.45) is 0 Å². The number of amides is 3. The van der Waals surface area contributed by atoms with Crippen molar-refractivity contribution in [2.75, 3.05) is 27.2 Å². The van der Waals surface area contributed by atoms with Gasteiger partial charge in [-0.05, 0) is 23.8 Å². The van der Waals surface area contributed by atoms with Crippen LogP contribution >= 0.6 is 23.2 Å². The Morgan fingerprint density at radius 3 is 2.36 bits per heavy atom. The van der Waals surface area contributed by atoms with Gasteiger partial charge in [0.05, 0.1) is 25.0 Å². The third-order valence-electron chi connectivity index (χ3n) is 5.29. The maximum absolute atomic E-state index is 13.3. The Morgan fingerprint density at radius 2 is 1.79 bits per heavy atom. The SMILES string of the molecule is CC(=O)N1C[C@H](C(=O)N(C)C)N(C(=O)/C=C\Cl)C[C@H]1c1cc(Cl)cc(-c2ncc(F)cn2)c1. The molecule has 0 unspecified atom stereocenters. The molecule has 11 heteroatoms. The van der Waals surface area contributed by atoms with Gasteiger partial charge in [-0.1, -0.05) is 23.2 Å². The Morgan fingerprint density at radius 1 is 1.12 bits per heavy atom. The minimum Gasteiger partial charge on any atom is -0.347 e. The van der Waals surface area contributed by atoms with Crippen molar-refractivity contribution in [2.45, 2.75) is 19.0 Å². The number of likely N-dealkylation sites (N-methyl/N-ethyl adjacent to an activating group) is 1. The highest BCUT2D eigenvalue weighted by molar-refractivity contribution is 6.31. The van der Waals surface area contributed by atoms with E-state index >= 15 is 0 Å². The molecule has 3 rings (SSSR count). The summed E-state index contributed by atoms with van der Waals surface area (Å²) in [5, 5.41) is 0.351. The van der Waals surface area contributed by atoms with Crippen LogP contribution in [-0.4, -0.2) is 75.6 Å². The van der Waals surface area contributed by atoms with Crippen LogP contribution in [0.25, 0.3) is 11.4 Å². The molecule has 0 spiro atoms. The van der Waals surface area contributed by atoms with E-state index in [1.165, 1.54) is 21.6 Å². The minimum absolute atomic E-state index is 0.00618. The molecular weight excluding hydrogens is 472 g/mol. The van der Waals surface area contributed by atoms with Gasteiger partial charge < -0.3 is 14.7 Å². The summed E-state index contributed by atoms with van der Waals surface area (Å²) in [7, 11) is 3.16. The van der Waals surface area contributed by atoms with Gasteiger partial charge in [-0.15, -0.1) is 0 Å². The zero-order chi connectivity index (χ0) is 24.3. The molecule has 2 aromatic rings. The Kier molecular flexibility index (Phi) is 7.65. The first-order valence-corrected chi connectivity index (χ1v) is 10.8. The highest BCUT2D eigenvalue weighted by Gasteiger charge is 2.41. The van der Waals surface area contributed by atoms with Crippen molar-refractivity contribution in [1.82, 2.24) is 24.7 Å². The molecular formula is C22H22Cl2FN5O3. The van der Waals surface area contributed by atoms with Crippen LogP contribution in [0.1, 0.15) is 18.5 Å². The van der Waals surface area contributed by atoms with E-state index in [-0.39, 0.29) is 30.7 Å². The number of rotatable bonds is 4. The van der Waals surface area contributed by atoms with Gasteiger partial charge in [0.2, 0.25) is 17.7 Å². The van der Waals surface area contributed by atoms with Crippen LogP contribution in [0.15, 0.2) is 42.2 Å². The van der Waals surface area contributed by atoms with Crippen molar-refractivity contribution in [3.05, 3.63) is 58.6 Å². The molecule has 0 N–H and O–H groups in total. The largest absolute Gasteiger partial charge is 0.347 e. The first kappa shape index (κ1) is 24.6. The topological polar surface area (TPSA) is 86.7 Å². The molecule has 0 radical (unpaired) electrons. The fourth-order valence-electron chi connectivity index (χ4n) is 3.76. The molecule has 0 bridgehead atoms. The molecule has 1 aliphatic rings. The third-order valence-corrected chi connectivity index (χ3v) is 5.64. The van der Waals surface area contributed by atoms with Gasteiger partial charge in [0.1, 0.15) is 6.04 Å². The van der Waals surface area contributed by atoms with Gasteiger partial charge in [0.25, 0.3) is 0 Å². The predicted molar refractivity (Wildman–Crippen MR) is 122 cm³/mol. The number of hydrogen-bond acceptors (Lipinski definition) is 5. The molecule has 174 valence electrons. The first-order valence-electron chi connectivity index (χ1n) is 9.96. The average molecular weight is 494 g/mol. The van der Waals surface area contributed by atoms with E-state index < -0.39 is 23.8 Å². The Balaban J connectivity index is 2.06. The molecule has 1 aromatic carbocycles. The van der Waals surface area contributed by atoms with Gasteiger partial charge >= 0.3 is 0 Å². The molecule has 0 saturated carbocycles. The Labute approximate surface area is 200 Å². The predicted octanol–water partition coefficient (Wildman–Crippen LogP) is 2.88. The number of hydrogen-bond donors (Lipinski definition) is 0. The zero-order valence-corrected chi connectivity index (χ0v) is 19.7. The highest BCUT2D eigenvalue weighted by atomic mass is 35.5. The van der Waals surface area contributed by atoms with Crippen molar-refractivity contribution < 1.29 is 18.8 Å². The molecule has 1 aromatic heterocycles. The van der Waals surface area contributed by atoms with E-state index in [2.05, 4.69) is 9.97 Å². The lowest BCUT2D eigenvalue weighted by atomic mass is 9.96. The maximum atomic E-state index is 13.3. The van der Waals surface area contributed by atoms with Crippen molar-refractivity contribution in [3.8, 4) is 11.4 Å². The fourth-order valence-corrected chi connectivity index (χ4v) is 4.11. The van der Waals surface area contributed by atoms with E-state index in [9.17, 15) is 18.8 Å². The summed E-state index contributed by atoms with van der Waals surface area (Å²) in [5.74, 6) is -1.36. The van der Waals surface area contributed by atoms with Gasteiger partial charge in [0, 0.05) is 49.8 Å². The number of halogens is 3. The molecule has 1 fully saturated rings. The van der Waals surface area contributed by atoms with Crippen LogP contribution in [0.3, 0.4) is 0 Å². The monoisotopic (exact) mass is 493 g/mol. The quantitative estimate of drug-likeness (QED) is 0.611. The lowest BCUT2D eigenvalue weighted by Crippen LogP contribution is -2.61. The molecule has 2 atom stereocenters. The summed E-state index contributed by atoms with van der Waals surface area (Å²) in [6.45, 7) is 1.43. The van der Waals surface area contributed by atoms with Gasteiger partial charge in [-0.2, -0.15) is 0 Å².